The molecule has 3 aromatic carbocycles. The van der Waals surface area contributed by atoms with E-state index in [0.717, 1.165) is 23.1 Å². The molecule has 1 atom stereocenters. The van der Waals surface area contributed by atoms with E-state index in [-0.39, 0.29) is 11.5 Å². The van der Waals surface area contributed by atoms with E-state index in [4.69, 9.17) is 10.2 Å². The van der Waals surface area contributed by atoms with Gasteiger partial charge in [-0.05, 0) is 30.5 Å². The summed E-state index contributed by atoms with van der Waals surface area (Å²) in [6, 6.07) is 28.5. The number of carbonyl (C=O) groups excluding carboxylic acids is 1. The summed E-state index contributed by atoms with van der Waals surface area (Å²) in [7, 11) is 0. The van der Waals surface area contributed by atoms with Gasteiger partial charge in [0.25, 0.3) is 0 Å². The van der Waals surface area contributed by atoms with Crippen LogP contribution in [0.3, 0.4) is 0 Å². The molecule has 0 unspecified atom stereocenters. The van der Waals surface area contributed by atoms with Crippen LogP contribution in [0.25, 0.3) is 22.7 Å². The Kier molecular flexibility index (Phi) is 5.63. The zero-order valence-electron chi connectivity index (χ0n) is 16.0. The van der Waals surface area contributed by atoms with Gasteiger partial charge in [-0.2, -0.15) is 0 Å². The quantitative estimate of drug-likeness (QED) is 0.449. The van der Waals surface area contributed by atoms with Gasteiger partial charge >= 0.3 is 0 Å². The van der Waals surface area contributed by atoms with Gasteiger partial charge in [0.05, 0.1) is 6.04 Å². The number of nitrogens with two attached hydrogens (primary N) is 1. The van der Waals surface area contributed by atoms with E-state index in [1.165, 1.54) is 0 Å². The van der Waals surface area contributed by atoms with E-state index in [1.807, 2.05) is 91.0 Å². The summed E-state index contributed by atoms with van der Waals surface area (Å²) in [6.45, 7) is 0. The predicted octanol–water partition coefficient (Wildman–Crippen LogP) is 5.15. The molecule has 1 heterocycles. The number of aryl methyl sites for hydroxylation is 1. The van der Waals surface area contributed by atoms with Crippen LogP contribution in [-0.2, 0) is 6.42 Å². The van der Waals surface area contributed by atoms with Crippen molar-refractivity contribution in [3.8, 4) is 22.7 Å². The second kappa shape index (κ2) is 8.67. The minimum atomic E-state index is -0.658. The fraction of sp³-hybridized carbons (Fsp3) is 0.120. The second-order valence-corrected chi connectivity index (χ2v) is 6.92. The Morgan fingerprint density at radius 2 is 1.38 bits per heavy atom. The largest absolute Gasteiger partial charge is 0.432 e. The van der Waals surface area contributed by atoms with Gasteiger partial charge in [0.15, 0.2) is 5.76 Å². The molecule has 144 valence electrons. The first-order valence-corrected chi connectivity index (χ1v) is 9.68. The van der Waals surface area contributed by atoms with Crippen LogP contribution in [0.1, 0.15) is 22.5 Å². The number of oxazole rings is 1. The molecule has 4 rings (SSSR count). The Labute approximate surface area is 170 Å². The maximum Gasteiger partial charge on any atom is 0.227 e. The minimum absolute atomic E-state index is 0.218. The lowest BCUT2D eigenvalue weighted by Gasteiger charge is -2.10. The first-order valence-electron chi connectivity index (χ1n) is 9.68. The highest BCUT2D eigenvalue weighted by molar-refractivity contribution is 6.02. The summed E-state index contributed by atoms with van der Waals surface area (Å²) in [5.41, 5.74) is 9.59. The van der Waals surface area contributed by atoms with Gasteiger partial charge in [0.2, 0.25) is 11.7 Å². The smallest absolute Gasteiger partial charge is 0.227 e. The lowest BCUT2D eigenvalue weighted by Crippen LogP contribution is -2.31. The predicted molar refractivity (Wildman–Crippen MR) is 114 cm³/mol. The van der Waals surface area contributed by atoms with Crippen molar-refractivity contribution in [2.75, 3.05) is 0 Å². The van der Waals surface area contributed by atoms with Gasteiger partial charge in [-0.25, -0.2) is 4.98 Å². The van der Waals surface area contributed by atoms with Crippen molar-refractivity contribution in [1.29, 1.82) is 0 Å². The molecule has 0 spiro atoms. The topological polar surface area (TPSA) is 69.1 Å². The van der Waals surface area contributed by atoms with Crippen molar-refractivity contribution in [3.05, 3.63) is 102 Å². The highest BCUT2D eigenvalue weighted by atomic mass is 16.4. The van der Waals surface area contributed by atoms with Crippen molar-refractivity contribution < 1.29 is 9.21 Å². The number of hydrogen-bond acceptors (Lipinski definition) is 4. The van der Waals surface area contributed by atoms with Crippen molar-refractivity contribution >= 4 is 5.78 Å². The number of rotatable bonds is 7. The molecule has 29 heavy (non-hydrogen) atoms. The normalized spacial score (nSPS) is 11.9. The number of carbonyl (C=O) groups is 1. The standard InChI is InChI=1S/C25H22N2O2/c26-21(17-16-18-10-4-1-5-11-18)23(28)24-22(19-12-6-2-7-13-19)27-25(29-24)20-14-8-3-9-15-20/h1-15,21H,16-17,26H2/t21-/m0/s1. The van der Waals surface area contributed by atoms with E-state index in [0.29, 0.717) is 18.0 Å². The van der Waals surface area contributed by atoms with Crippen molar-refractivity contribution in [3.63, 3.8) is 0 Å². The Morgan fingerprint density at radius 1 is 0.828 bits per heavy atom. The molecule has 0 amide bonds. The van der Waals surface area contributed by atoms with Crippen LogP contribution in [0, 0.1) is 0 Å². The molecule has 0 aliphatic carbocycles. The van der Waals surface area contributed by atoms with Gasteiger partial charge in [-0.3, -0.25) is 4.79 Å². The minimum Gasteiger partial charge on any atom is -0.432 e. The second-order valence-electron chi connectivity index (χ2n) is 6.92. The Balaban J connectivity index is 1.64. The fourth-order valence-corrected chi connectivity index (χ4v) is 3.25. The number of benzene rings is 3. The summed E-state index contributed by atoms with van der Waals surface area (Å²) >= 11 is 0. The van der Waals surface area contributed by atoms with Crippen LogP contribution in [-0.4, -0.2) is 16.8 Å². The summed E-state index contributed by atoms with van der Waals surface area (Å²) in [4.78, 5) is 17.8. The summed E-state index contributed by atoms with van der Waals surface area (Å²) in [6.07, 6.45) is 1.27. The Morgan fingerprint density at radius 3 is 2.00 bits per heavy atom. The first-order chi connectivity index (χ1) is 14.2. The molecule has 0 radical (unpaired) electrons. The molecule has 2 N–H and O–H groups in total. The monoisotopic (exact) mass is 382 g/mol. The van der Waals surface area contributed by atoms with Crippen LogP contribution in [0.4, 0.5) is 0 Å². The lowest BCUT2D eigenvalue weighted by molar-refractivity contribution is 0.0931. The van der Waals surface area contributed by atoms with Crippen molar-refractivity contribution in [2.24, 2.45) is 5.73 Å². The number of nitrogens with zero attached hydrogens (tertiary/aromatic N) is 1. The van der Waals surface area contributed by atoms with Gasteiger partial charge in [-0.1, -0.05) is 78.9 Å². The van der Waals surface area contributed by atoms with Crippen LogP contribution in [0.2, 0.25) is 0 Å². The molecule has 4 aromatic rings. The molecule has 0 fully saturated rings. The van der Waals surface area contributed by atoms with E-state index in [9.17, 15) is 4.79 Å². The molecule has 4 nitrogen and oxygen atoms in total. The van der Waals surface area contributed by atoms with Crippen LogP contribution < -0.4 is 5.73 Å². The van der Waals surface area contributed by atoms with E-state index < -0.39 is 6.04 Å². The molecule has 0 bridgehead atoms. The fourth-order valence-electron chi connectivity index (χ4n) is 3.25. The Hall–Kier alpha value is -3.50. The van der Waals surface area contributed by atoms with Crippen LogP contribution in [0.15, 0.2) is 95.4 Å². The summed E-state index contributed by atoms with van der Waals surface area (Å²) in [5.74, 6) is 0.410. The highest BCUT2D eigenvalue weighted by Crippen LogP contribution is 2.30. The van der Waals surface area contributed by atoms with Gasteiger partial charge in [-0.15, -0.1) is 0 Å². The van der Waals surface area contributed by atoms with Crippen molar-refractivity contribution in [1.82, 2.24) is 4.98 Å². The van der Waals surface area contributed by atoms with Crippen LogP contribution in [0.5, 0.6) is 0 Å². The summed E-state index contributed by atoms with van der Waals surface area (Å²) in [5, 5.41) is 0. The number of Topliss-reactive ketones (excluding diaryl/α,β-unsaturated/α-hetero) is 1. The average Bonchev–Trinajstić information content (AvgIpc) is 3.24. The van der Waals surface area contributed by atoms with Crippen LogP contribution >= 0.6 is 0 Å². The SMILES string of the molecule is N[C@@H](CCc1ccccc1)C(=O)c1oc(-c2ccccc2)nc1-c1ccccc1. The number of aromatic nitrogens is 1. The first kappa shape index (κ1) is 18.8. The molecule has 0 aliphatic heterocycles. The zero-order chi connectivity index (χ0) is 20.1. The number of hydrogen-bond donors (Lipinski definition) is 1. The van der Waals surface area contributed by atoms with E-state index >= 15 is 0 Å². The zero-order valence-corrected chi connectivity index (χ0v) is 16.0. The summed E-state index contributed by atoms with van der Waals surface area (Å²) < 4.78 is 5.95. The number of ketones is 1. The van der Waals surface area contributed by atoms with Gasteiger partial charge in [0, 0.05) is 11.1 Å². The molecule has 1 aromatic heterocycles. The maximum absolute atomic E-state index is 13.1. The van der Waals surface area contributed by atoms with E-state index in [2.05, 4.69) is 4.98 Å². The van der Waals surface area contributed by atoms with Gasteiger partial charge < -0.3 is 10.2 Å². The van der Waals surface area contributed by atoms with E-state index in [1.54, 1.807) is 0 Å². The molecule has 0 saturated carbocycles. The molecular weight excluding hydrogens is 360 g/mol. The van der Waals surface area contributed by atoms with Gasteiger partial charge in [0.1, 0.15) is 5.69 Å². The maximum atomic E-state index is 13.1. The molecule has 4 heteroatoms. The third-order valence-corrected chi connectivity index (χ3v) is 4.84. The highest BCUT2D eigenvalue weighted by Gasteiger charge is 2.26. The third-order valence-electron chi connectivity index (χ3n) is 4.84. The average molecular weight is 382 g/mol. The molecule has 0 aliphatic rings. The lowest BCUT2D eigenvalue weighted by atomic mass is 9.99. The molecular formula is C25H22N2O2. The Bertz CT molecular complexity index is 1070. The third kappa shape index (κ3) is 4.33. The molecule has 0 saturated heterocycles. The van der Waals surface area contributed by atoms with Crippen molar-refractivity contribution in [2.45, 2.75) is 18.9 Å².